The fourth-order valence-electron chi connectivity index (χ4n) is 9.70. The van der Waals surface area contributed by atoms with Crippen LogP contribution in [0.2, 0.25) is 0 Å². The Labute approximate surface area is 422 Å². The number of aromatic nitrogens is 2. The summed E-state index contributed by atoms with van der Waals surface area (Å²) in [4.78, 5) is 43.9. The summed E-state index contributed by atoms with van der Waals surface area (Å²) in [6, 6.07) is 51.1. The maximum atomic E-state index is 13.8. The first kappa shape index (κ1) is 49.2. The van der Waals surface area contributed by atoms with Gasteiger partial charge in [-0.25, -0.2) is 0 Å². The molecule has 0 spiro atoms. The predicted octanol–water partition coefficient (Wildman–Crippen LogP) is 9.10. The molecule has 364 valence electrons. The van der Waals surface area contributed by atoms with Gasteiger partial charge in [-0.15, -0.1) is 0 Å². The number of H-pyrrole nitrogens is 2. The van der Waals surface area contributed by atoms with Crippen molar-refractivity contribution in [1.82, 2.24) is 30.4 Å². The highest BCUT2D eigenvalue weighted by molar-refractivity contribution is 6.12. The van der Waals surface area contributed by atoms with Crippen LogP contribution in [0.15, 0.2) is 158 Å². The van der Waals surface area contributed by atoms with E-state index >= 15 is 0 Å². The molecule has 12 heteroatoms. The van der Waals surface area contributed by atoms with Crippen molar-refractivity contribution in [2.75, 3.05) is 89.3 Å². The summed E-state index contributed by atoms with van der Waals surface area (Å²) in [6.45, 7) is 9.54. The molecule has 0 unspecified atom stereocenters. The average Bonchev–Trinajstić information content (AvgIpc) is 4.07. The summed E-state index contributed by atoms with van der Waals surface area (Å²) in [7, 11) is 4.32. The normalized spacial score (nSPS) is 15.1. The second-order valence-corrected chi connectivity index (χ2v) is 18.9. The van der Waals surface area contributed by atoms with Gasteiger partial charge < -0.3 is 40.2 Å². The Morgan fingerprint density at radius 3 is 1.25 bits per heavy atom. The molecule has 0 amide bonds. The zero-order valence-corrected chi connectivity index (χ0v) is 41.2. The van der Waals surface area contributed by atoms with Crippen LogP contribution in [-0.4, -0.2) is 111 Å². The molecule has 8 aromatic rings. The fraction of sp³-hybridized carbons (Fsp3) is 0.267. The quantitative estimate of drug-likeness (QED) is 0.0691. The highest BCUT2D eigenvalue weighted by atomic mass is 16.1. The molecule has 0 aliphatic carbocycles. The Balaban J connectivity index is 0.000000178. The third-order valence-electron chi connectivity index (χ3n) is 14.1. The first-order valence-electron chi connectivity index (χ1n) is 25.0. The molecule has 2 aliphatic heterocycles. The van der Waals surface area contributed by atoms with Gasteiger partial charge in [-0.05, 0) is 97.7 Å². The molecular formula is C60H62N10O2. The van der Waals surface area contributed by atoms with Crippen LogP contribution in [0, 0.1) is 22.7 Å². The Hall–Kier alpha value is -7.84. The zero-order valence-electron chi connectivity index (χ0n) is 41.2. The first-order valence-corrected chi connectivity index (χ1v) is 25.0. The lowest BCUT2D eigenvalue weighted by atomic mass is 9.96. The highest BCUT2D eigenvalue weighted by Crippen LogP contribution is 2.31. The molecule has 4 heterocycles. The number of nitrogens with one attached hydrogen (secondary N) is 4. The molecule has 2 atom stereocenters. The third kappa shape index (κ3) is 11.8. The number of ketones is 2. The summed E-state index contributed by atoms with van der Waals surface area (Å²) < 4.78 is 0. The number of hydrogen-bond acceptors (Lipinski definition) is 10. The van der Waals surface area contributed by atoms with E-state index in [1.165, 1.54) is 11.4 Å². The molecule has 4 N–H and O–H groups in total. The number of carbonyl (C=O) groups excluding carboxylic acids is 2. The van der Waals surface area contributed by atoms with E-state index in [1.807, 2.05) is 122 Å². The van der Waals surface area contributed by atoms with Crippen molar-refractivity contribution in [3.63, 3.8) is 0 Å². The van der Waals surface area contributed by atoms with E-state index in [0.717, 1.165) is 109 Å². The lowest BCUT2D eigenvalue weighted by Gasteiger charge is -2.34. The van der Waals surface area contributed by atoms with Gasteiger partial charge >= 0.3 is 0 Å². The van der Waals surface area contributed by atoms with E-state index < -0.39 is 12.1 Å². The number of fused-ring (bicyclic) bond motifs is 2. The second-order valence-electron chi connectivity index (χ2n) is 18.9. The summed E-state index contributed by atoms with van der Waals surface area (Å²) in [6.07, 6.45) is 5.23. The van der Waals surface area contributed by atoms with E-state index in [2.05, 4.69) is 103 Å². The molecule has 6 aromatic carbocycles. The lowest BCUT2D eigenvalue weighted by molar-refractivity contribution is 0.0937. The van der Waals surface area contributed by atoms with Crippen LogP contribution in [0.25, 0.3) is 21.8 Å². The molecule has 2 aliphatic rings. The summed E-state index contributed by atoms with van der Waals surface area (Å²) in [5.41, 5.74) is 11.2. The number of nitriles is 2. The number of nitrogens with zero attached hydrogens (tertiary/aromatic N) is 6. The van der Waals surface area contributed by atoms with Gasteiger partial charge in [0.05, 0.1) is 35.3 Å². The molecule has 2 saturated heterocycles. The number of likely N-dealkylation sites (N-methyl/N-ethyl adjacent to an activating group) is 2. The van der Waals surface area contributed by atoms with Crippen LogP contribution in [0.4, 0.5) is 11.4 Å². The minimum Gasteiger partial charge on any atom is -0.369 e. The van der Waals surface area contributed by atoms with Crippen LogP contribution >= 0.6 is 0 Å². The molecule has 72 heavy (non-hydrogen) atoms. The Morgan fingerprint density at radius 1 is 0.514 bits per heavy atom. The molecule has 2 fully saturated rings. The van der Waals surface area contributed by atoms with Crippen molar-refractivity contribution in [2.45, 2.75) is 24.9 Å². The van der Waals surface area contributed by atoms with Gasteiger partial charge in [-0.3, -0.25) is 9.59 Å². The third-order valence-corrected chi connectivity index (χ3v) is 14.1. The first-order chi connectivity index (χ1) is 35.2. The smallest absolute Gasteiger partial charge is 0.186 e. The molecule has 0 radical (unpaired) electrons. The summed E-state index contributed by atoms with van der Waals surface area (Å²) >= 11 is 0. The van der Waals surface area contributed by atoms with E-state index in [0.29, 0.717) is 35.3 Å². The number of aromatic amines is 2. The number of benzene rings is 6. The second kappa shape index (κ2) is 23.4. The van der Waals surface area contributed by atoms with Crippen molar-refractivity contribution in [1.29, 1.82) is 10.5 Å². The standard InChI is InChI=1S/2C30H31N5O/c2*1-34-15-17-35(18-16-34)25-11-12-26-27(21-33-28(26)19-25)30(36)29(24-5-3-2-4-6-24)32-14-13-22-7-9-23(20-31)10-8-22/h2*2-12,19,21,29,32-33H,13-18H2,1H3/t2*29-/m10/s1. The molecule has 0 bridgehead atoms. The minimum atomic E-state index is -0.444. The van der Waals surface area contributed by atoms with Crippen LogP contribution < -0.4 is 20.4 Å². The van der Waals surface area contributed by atoms with E-state index in [9.17, 15) is 9.59 Å². The molecule has 2 aromatic heterocycles. The predicted molar refractivity (Wildman–Crippen MR) is 289 cm³/mol. The number of Topliss-reactive ketones (excluding diaryl/α,β-unsaturated/α-hetero) is 2. The van der Waals surface area contributed by atoms with E-state index in [4.69, 9.17) is 10.5 Å². The number of piperazine rings is 2. The van der Waals surface area contributed by atoms with Crippen molar-refractivity contribution < 1.29 is 9.59 Å². The molecule has 12 nitrogen and oxygen atoms in total. The van der Waals surface area contributed by atoms with Gasteiger partial charge in [0.1, 0.15) is 0 Å². The fourth-order valence-corrected chi connectivity index (χ4v) is 9.70. The Morgan fingerprint density at radius 2 is 0.889 bits per heavy atom. The summed E-state index contributed by atoms with van der Waals surface area (Å²) in [5, 5.41) is 26.9. The monoisotopic (exact) mass is 955 g/mol. The van der Waals surface area contributed by atoms with Gasteiger partial charge in [0.25, 0.3) is 0 Å². The molecular weight excluding hydrogens is 893 g/mol. The largest absolute Gasteiger partial charge is 0.369 e. The van der Waals surface area contributed by atoms with Gasteiger partial charge in [0.15, 0.2) is 11.6 Å². The van der Waals surface area contributed by atoms with Gasteiger partial charge in [0, 0.05) is 122 Å². The SMILES string of the molecule is CN1CCN(c2ccc3c(C(=O)[C@@H](NCCc4ccc(C#N)cc4)c4ccccc4)c[nH]c3c2)CC1.CN1CCN(c2ccc3c(C(=O)[C@H](NCCc4ccc(C#N)cc4)c4ccccc4)c[nH]c3c2)CC1. The van der Waals surface area contributed by atoms with E-state index in [-0.39, 0.29) is 11.6 Å². The van der Waals surface area contributed by atoms with Gasteiger partial charge in [-0.2, -0.15) is 10.5 Å². The van der Waals surface area contributed by atoms with Crippen molar-refractivity contribution in [3.05, 3.63) is 202 Å². The van der Waals surface area contributed by atoms with Gasteiger partial charge in [0.2, 0.25) is 0 Å². The Kier molecular flexibility index (Phi) is 16.0. The number of carbonyl (C=O) groups is 2. The lowest BCUT2D eigenvalue weighted by Crippen LogP contribution is -2.44. The maximum absolute atomic E-state index is 13.8. The molecule has 10 rings (SSSR count). The zero-order chi connectivity index (χ0) is 49.8. The highest BCUT2D eigenvalue weighted by Gasteiger charge is 2.26. The van der Waals surface area contributed by atoms with Crippen LogP contribution in [0.3, 0.4) is 0 Å². The van der Waals surface area contributed by atoms with Crippen LogP contribution in [0.1, 0.15) is 66.2 Å². The van der Waals surface area contributed by atoms with E-state index in [1.54, 1.807) is 0 Å². The van der Waals surface area contributed by atoms with Crippen molar-refractivity contribution >= 4 is 44.7 Å². The maximum Gasteiger partial charge on any atom is 0.186 e. The number of anilines is 2. The topological polar surface area (TPSA) is 150 Å². The van der Waals surface area contributed by atoms with Gasteiger partial charge in [-0.1, -0.05) is 97.1 Å². The average molecular weight is 955 g/mol. The molecule has 0 saturated carbocycles. The van der Waals surface area contributed by atoms with Crippen molar-refractivity contribution in [2.24, 2.45) is 0 Å². The minimum absolute atomic E-state index is 0.0552. The Bertz CT molecular complexity index is 2940. The van der Waals surface area contributed by atoms with Crippen molar-refractivity contribution in [3.8, 4) is 12.1 Å². The number of rotatable bonds is 16. The van der Waals surface area contributed by atoms with Crippen LogP contribution in [-0.2, 0) is 12.8 Å². The summed E-state index contributed by atoms with van der Waals surface area (Å²) in [5.74, 6) is 0.110. The van der Waals surface area contributed by atoms with Crippen LogP contribution in [0.5, 0.6) is 0 Å². The number of hydrogen-bond donors (Lipinski definition) is 4.